The monoisotopic (exact) mass is 476 g/mol. The number of likely N-dealkylation sites (N-methyl/N-ethyl adjacent to an activating group) is 1. The van der Waals surface area contributed by atoms with Gasteiger partial charge in [-0.3, -0.25) is 9.59 Å². The van der Waals surface area contributed by atoms with Crippen LogP contribution in [0.25, 0.3) is 0 Å². The molecule has 10 heteroatoms. The summed E-state index contributed by atoms with van der Waals surface area (Å²) in [6, 6.07) is 14.7. The second-order valence-electron chi connectivity index (χ2n) is 7.58. The number of para-hydroxylation sites is 1. The predicted molar refractivity (Wildman–Crippen MR) is 128 cm³/mol. The van der Waals surface area contributed by atoms with Crippen molar-refractivity contribution in [3.05, 3.63) is 60.2 Å². The number of carbonyl (C=O) groups is 2. The minimum Gasteiger partial charge on any atom is -0.497 e. The minimum atomic E-state index is -3.96. The van der Waals surface area contributed by atoms with Crippen molar-refractivity contribution in [1.29, 1.82) is 0 Å². The Morgan fingerprint density at radius 1 is 1.06 bits per heavy atom. The molecule has 0 aliphatic rings. The fourth-order valence-electron chi connectivity index (χ4n) is 3.18. The van der Waals surface area contributed by atoms with E-state index in [1.54, 1.807) is 69.5 Å². The first-order chi connectivity index (χ1) is 15.6. The van der Waals surface area contributed by atoms with E-state index in [0.717, 1.165) is 14.2 Å². The molecule has 0 heterocycles. The fourth-order valence-corrected chi connectivity index (χ4v) is 4.24. The minimum absolute atomic E-state index is 0.110. The van der Waals surface area contributed by atoms with Gasteiger partial charge in [0.2, 0.25) is 11.8 Å². The number of rotatable bonds is 11. The van der Waals surface area contributed by atoms with E-state index in [2.05, 4.69) is 5.32 Å². The molecule has 0 saturated carbocycles. The number of hydrogen-bond acceptors (Lipinski definition) is 5. The number of hydrogen-bond donors (Lipinski definition) is 1. The lowest BCUT2D eigenvalue weighted by atomic mass is 10.1. The van der Waals surface area contributed by atoms with Crippen molar-refractivity contribution in [1.82, 2.24) is 14.5 Å². The Hall–Kier alpha value is -3.11. The van der Waals surface area contributed by atoms with Gasteiger partial charge >= 0.3 is 10.2 Å². The molecule has 0 unspecified atom stereocenters. The number of benzene rings is 2. The van der Waals surface area contributed by atoms with Crippen LogP contribution in [-0.2, 0) is 26.3 Å². The van der Waals surface area contributed by atoms with Gasteiger partial charge in [0.05, 0.1) is 12.8 Å². The Bertz CT molecular complexity index is 1040. The first-order valence-electron chi connectivity index (χ1n) is 10.6. The molecule has 9 nitrogen and oxygen atoms in total. The highest BCUT2D eigenvalue weighted by atomic mass is 32.2. The number of ether oxygens (including phenoxy) is 1. The van der Waals surface area contributed by atoms with Gasteiger partial charge in [0.1, 0.15) is 18.3 Å². The van der Waals surface area contributed by atoms with Gasteiger partial charge in [-0.25, -0.2) is 4.31 Å². The highest BCUT2D eigenvalue weighted by Crippen LogP contribution is 2.21. The Balaban J connectivity index is 2.43. The van der Waals surface area contributed by atoms with E-state index in [4.69, 9.17) is 4.74 Å². The number of methoxy groups -OCH3 is 1. The van der Waals surface area contributed by atoms with Crippen LogP contribution in [0.15, 0.2) is 54.6 Å². The highest BCUT2D eigenvalue weighted by Gasteiger charge is 2.32. The quantitative estimate of drug-likeness (QED) is 0.534. The number of carbonyl (C=O) groups excluding carboxylic acids is 2. The number of nitrogens with zero attached hydrogens (tertiary/aromatic N) is 3. The van der Waals surface area contributed by atoms with E-state index in [0.29, 0.717) is 18.0 Å². The van der Waals surface area contributed by atoms with E-state index in [9.17, 15) is 18.0 Å². The lowest BCUT2D eigenvalue weighted by Gasteiger charge is -2.32. The van der Waals surface area contributed by atoms with Crippen molar-refractivity contribution in [3.8, 4) is 5.75 Å². The summed E-state index contributed by atoms with van der Waals surface area (Å²) in [5, 5.41) is 2.72. The van der Waals surface area contributed by atoms with E-state index < -0.39 is 28.7 Å². The van der Waals surface area contributed by atoms with Gasteiger partial charge in [-0.2, -0.15) is 12.7 Å². The first-order valence-corrected chi connectivity index (χ1v) is 12.0. The molecule has 0 aliphatic carbocycles. The molecule has 0 bridgehead atoms. The van der Waals surface area contributed by atoms with Crippen LogP contribution in [0.4, 0.5) is 5.69 Å². The zero-order valence-electron chi connectivity index (χ0n) is 19.7. The maximum Gasteiger partial charge on any atom is 0.304 e. The van der Waals surface area contributed by atoms with Gasteiger partial charge in [0.25, 0.3) is 0 Å². The molecule has 0 saturated heterocycles. The average molecular weight is 477 g/mol. The Morgan fingerprint density at radius 2 is 1.73 bits per heavy atom. The summed E-state index contributed by atoms with van der Waals surface area (Å²) < 4.78 is 33.4. The molecule has 2 aromatic carbocycles. The van der Waals surface area contributed by atoms with Gasteiger partial charge < -0.3 is 15.0 Å². The number of anilines is 1. The predicted octanol–water partition coefficient (Wildman–Crippen LogP) is 1.86. The van der Waals surface area contributed by atoms with Crippen LogP contribution in [0.1, 0.15) is 19.4 Å². The van der Waals surface area contributed by atoms with Crippen LogP contribution in [0.3, 0.4) is 0 Å². The molecule has 0 spiro atoms. The molecule has 2 amide bonds. The Labute approximate surface area is 196 Å². The molecule has 0 fully saturated rings. The molecule has 2 rings (SSSR count). The summed E-state index contributed by atoms with van der Waals surface area (Å²) >= 11 is 0. The largest absolute Gasteiger partial charge is 0.497 e. The fraction of sp³-hybridized carbons (Fsp3) is 0.391. The van der Waals surface area contributed by atoms with Gasteiger partial charge in [0, 0.05) is 27.2 Å². The van der Waals surface area contributed by atoms with E-state index in [1.165, 1.54) is 19.0 Å². The van der Waals surface area contributed by atoms with Crippen LogP contribution < -0.4 is 14.4 Å². The van der Waals surface area contributed by atoms with E-state index >= 15 is 0 Å². The molecule has 2 aromatic rings. The molecule has 0 aliphatic heterocycles. The lowest BCUT2D eigenvalue weighted by Crippen LogP contribution is -2.52. The van der Waals surface area contributed by atoms with Crippen LogP contribution in [0.5, 0.6) is 5.75 Å². The summed E-state index contributed by atoms with van der Waals surface area (Å²) in [6.07, 6.45) is 0. The van der Waals surface area contributed by atoms with Gasteiger partial charge in [-0.15, -0.1) is 0 Å². The van der Waals surface area contributed by atoms with Crippen LogP contribution in [-0.4, -0.2) is 69.8 Å². The topological polar surface area (TPSA) is 99.3 Å². The van der Waals surface area contributed by atoms with E-state index in [-0.39, 0.29) is 12.5 Å². The first kappa shape index (κ1) is 26.1. The number of nitrogens with one attached hydrogen (secondary N) is 1. The molecular formula is C23H32N4O5S. The molecule has 0 radical (unpaired) electrons. The standard InChI is InChI=1S/C23H32N4O5S/c1-6-24-23(29)18(2)26(16-19-11-10-14-21(15-19)32-5)22(28)17-27(33(30,31)25(3)4)20-12-8-7-9-13-20/h7-15,18H,6,16-17H2,1-5H3,(H,24,29)/t18-/m0/s1. The second kappa shape index (κ2) is 11.7. The normalized spacial score (nSPS) is 12.2. The summed E-state index contributed by atoms with van der Waals surface area (Å²) in [6.45, 7) is 3.47. The molecule has 180 valence electrons. The Morgan fingerprint density at radius 3 is 2.30 bits per heavy atom. The molecule has 1 atom stereocenters. The SMILES string of the molecule is CCNC(=O)[C@H](C)N(Cc1cccc(OC)c1)C(=O)CN(c1ccccc1)S(=O)(=O)N(C)C. The van der Waals surface area contributed by atoms with Gasteiger partial charge in [-0.05, 0) is 43.7 Å². The summed E-state index contributed by atoms with van der Waals surface area (Å²) in [5.41, 5.74) is 1.10. The zero-order valence-corrected chi connectivity index (χ0v) is 20.5. The third-order valence-electron chi connectivity index (χ3n) is 5.07. The molecule has 33 heavy (non-hydrogen) atoms. The van der Waals surface area contributed by atoms with Crippen molar-refractivity contribution < 1.29 is 22.7 Å². The van der Waals surface area contributed by atoms with Crippen molar-refractivity contribution in [3.63, 3.8) is 0 Å². The summed E-state index contributed by atoms with van der Waals surface area (Å²) in [4.78, 5) is 27.5. The number of amides is 2. The smallest absolute Gasteiger partial charge is 0.304 e. The van der Waals surface area contributed by atoms with Crippen LogP contribution in [0.2, 0.25) is 0 Å². The van der Waals surface area contributed by atoms with Gasteiger partial charge in [0.15, 0.2) is 0 Å². The lowest BCUT2D eigenvalue weighted by molar-refractivity contribution is -0.139. The third kappa shape index (κ3) is 6.69. The van der Waals surface area contributed by atoms with Crippen LogP contribution in [0, 0.1) is 0 Å². The molecular weight excluding hydrogens is 444 g/mol. The average Bonchev–Trinajstić information content (AvgIpc) is 2.81. The Kier molecular flexibility index (Phi) is 9.24. The van der Waals surface area contributed by atoms with Crippen molar-refractivity contribution in [2.24, 2.45) is 0 Å². The third-order valence-corrected chi connectivity index (χ3v) is 6.89. The van der Waals surface area contributed by atoms with Crippen LogP contribution >= 0.6 is 0 Å². The van der Waals surface area contributed by atoms with Gasteiger partial charge in [-0.1, -0.05) is 30.3 Å². The maximum absolute atomic E-state index is 13.5. The summed E-state index contributed by atoms with van der Waals surface area (Å²) in [5.74, 6) is -0.215. The van der Waals surface area contributed by atoms with E-state index in [1.807, 2.05) is 6.07 Å². The van der Waals surface area contributed by atoms with Crippen molar-refractivity contribution in [2.75, 3.05) is 38.6 Å². The van der Waals surface area contributed by atoms with Crippen molar-refractivity contribution in [2.45, 2.75) is 26.4 Å². The molecule has 1 N–H and O–H groups in total. The summed E-state index contributed by atoms with van der Waals surface area (Å²) in [7, 11) is 0.391. The second-order valence-corrected chi connectivity index (χ2v) is 9.64. The maximum atomic E-state index is 13.5. The van der Waals surface area contributed by atoms with Crippen molar-refractivity contribution >= 4 is 27.7 Å². The zero-order chi connectivity index (χ0) is 24.6. The highest BCUT2D eigenvalue weighted by molar-refractivity contribution is 7.90. The molecule has 0 aromatic heterocycles.